The fraction of sp³-hybridized carbons (Fsp3) is 0.542. The van der Waals surface area contributed by atoms with Crippen LogP contribution in [-0.2, 0) is 11.2 Å². The number of aromatic nitrogens is 2. The van der Waals surface area contributed by atoms with Crippen molar-refractivity contribution in [3.05, 3.63) is 52.8 Å². The molecule has 5 nitrogen and oxygen atoms in total. The second-order valence-electron chi connectivity index (χ2n) is 9.50. The van der Waals surface area contributed by atoms with E-state index >= 15 is 0 Å². The predicted molar refractivity (Wildman–Crippen MR) is 116 cm³/mol. The Morgan fingerprint density at radius 2 is 1.90 bits per heavy atom. The lowest BCUT2D eigenvalue weighted by molar-refractivity contribution is -0.123. The summed E-state index contributed by atoms with van der Waals surface area (Å²) in [7, 11) is 0. The van der Waals surface area contributed by atoms with Gasteiger partial charge in [-0.25, -0.2) is 9.97 Å². The predicted octanol–water partition coefficient (Wildman–Crippen LogP) is 4.32. The summed E-state index contributed by atoms with van der Waals surface area (Å²) in [6.07, 6.45) is 6.19. The van der Waals surface area contributed by atoms with Crippen LogP contribution >= 0.6 is 0 Å². The first kappa shape index (κ1) is 19.9. The number of hydrogen-bond acceptors (Lipinski definition) is 4. The van der Waals surface area contributed by atoms with Crippen LogP contribution in [0.25, 0.3) is 0 Å². The van der Waals surface area contributed by atoms with E-state index in [1.165, 1.54) is 18.4 Å². The Morgan fingerprint density at radius 3 is 2.59 bits per heavy atom. The highest BCUT2D eigenvalue weighted by Crippen LogP contribution is 2.40. The van der Waals surface area contributed by atoms with E-state index in [0.29, 0.717) is 0 Å². The summed E-state index contributed by atoms with van der Waals surface area (Å²) >= 11 is 0. The molecule has 5 heteroatoms. The third kappa shape index (κ3) is 4.29. The lowest BCUT2D eigenvalue weighted by Crippen LogP contribution is -2.39. The maximum absolute atomic E-state index is 13.0. The van der Waals surface area contributed by atoms with E-state index in [1.807, 2.05) is 25.3 Å². The van der Waals surface area contributed by atoms with Crippen LogP contribution in [0.3, 0.4) is 0 Å². The number of nitrogens with zero attached hydrogens (tertiary/aromatic N) is 3. The highest BCUT2D eigenvalue weighted by Gasteiger charge is 2.35. The first-order chi connectivity index (χ1) is 13.8. The minimum absolute atomic E-state index is 0.0400. The van der Waals surface area contributed by atoms with Crippen LogP contribution in [-0.4, -0.2) is 29.0 Å². The molecule has 2 atom stereocenters. The van der Waals surface area contributed by atoms with Gasteiger partial charge in [-0.2, -0.15) is 0 Å². The van der Waals surface area contributed by atoms with Crippen LogP contribution in [0.1, 0.15) is 74.4 Å². The largest absolute Gasteiger partial charge is 0.349 e. The molecule has 1 saturated heterocycles. The fourth-order valence-electron chi connectivity index (χ4n) is 4.54. The molecule has 1 N–H and O–H groups in total. The van der Waals surface area contributed by atoms with Crippen LogP contribution in [0.4, 0.5) is 5.95 Å². The first-order valence-electron chi connectivity index (χ1n) is 10.8. The number of amides is 1. The van der Waals surface area contributed by atoms with E-state index in [0.717, 1.165) is 48.7 Å². The molecule has 1 aromatic heterocycles. The number of aryl methyl sites for hydroxylation is 1. The normalized spacial score (nSPS) is 21.5. The zero-order valence-corrected chi connectivity index (χ0v) is 18.0. The van der Waals surface area contributed by atoms with Crippen molar-refractivity contribution in [3.63, 3.8) is 0 Å². The number of benzene rings is 1. The molecule has 1 aromatic carbocycles. The zero-order valence-electron chi connectivity index (χ0n) is 18.0. The van der Waals surface area contributed by atoms with Crippen molar-refractivity contribution >= 4 is 11.9 Å². The maximum Gasteiger partial charge on any atom is 0.227 e. The third-order valence-electron chi connectivity index (χ3n) is 6.34. The fourth-order valence-corrected chi connectivity index (χ4v) is 4.54. The molecule has 4 rings (SSSR count). The molecule has 2 aliphatic rings. The molecule has 0 bridgehead atoms. The molecule has 1 amide bonds. The highest BCUT2D eigenvalue weighted by atomic mass is 16.1. The Hall–Kier alpha value is -2.43. The smallest absolute Gasteiger partial charge is 0.227 e. The quantitative estimate of drug-likeness (QED) is 0.842. The Labute approximate surface area is 173 Å². The van der Waals surface area contributed by atoms with Gasteiger partial charge in [-0.05, 0) is 50.5 Å². The van der Waals surface area contributed by atoms with Crippen LogP contribution in [0.15, 0.2) is 30.5 Å². The zero-order chi connectivity index (χ0) is 20.6. The van der Waals surface area contributed by atoms with Gasteiger partial charge in [-0.15, -0.1) is 0 Å². The average molecular weight is 393 g/mol. The number of carbonyl (C=O) groups is 1. The topological polar surface area (TPSA) is 58.1 Å². The number of hydrogen-bond donors (Lipinski definition) is 1. The lowest BCUT2D eigenvalue weighted by Gasteiger charge is -2.37. The van der Waals surface area contributed by atoms with E-state index in [9.17, 15) is 4.79 Å². The summed E-state index contributed by atoms with van der Waals surface area (Å²) < 4.78 is 0. The van der Waals surface area contributed by atoms with Crippen molar-refractivity contribution < 1.29 is 4.79 Å². The Bertz CT molecular complexity index is 884. The van der Waals surface area contributed by atoms with Crippen molar-refractivity contribution in [2.45, 2.75) is 65.3 Å². The summed E-state index contributed by atoms with van der Waals surface area (Å²) in [6, 6.07) is 8.17. The molecular weight excluding hydrogens is 360 g/mol. The molecule has 154 valence electrons. The summed E-state index contributed by atoms with van der Waals surface area (Å²) in [5.74, 6) is 0.719. The summed E-state index contributed by atoms with van der Waals surface area (Å²) in [5, 5.41) is 3.30. The van der Waals surface area contributed by atoms with Gasteiger partial charge in [0.1, 0.15) is 0 Å². The van der Waals surface area contributed by atoms with Crippen molar-refractivity contribution in [2.24, 2.45) is 5.41 Å². The molecule has 2 aromatic rings. The molecule has 2 unspecified atom stereocenters. The van der Waals surface area contributed by atoms with Crippen molar-refractivity contribution in [2.75, 3.05) is 18.0 Å². The minimum atomic E-state index is -0.186. The van der Waals surface area contributed by atoms with Gasteiger partial charge in [-0.3, -0.25) is 4.79 Å². The van der Waals surface area contributed by atoms with Crippen LogP contribution in [0, 0.1) is 12.3 Å². The van der Waals surface area contributed by atoms with E-state index < -0.39 is 0 Å². The van der Waals surface area contributed by atoms with E-state index in [-0.39, 0.29) is 23.3 Å². The summed E-state index contributed by atoms with van der Waals surface area (Å²) in [6.45, 7) is 10.6. The van der Waals surface area contributed by atoms with Crippen molar-refractivity contribution in [3.8, 4) is 0 Å². The molecular formula is C24H32N4O. The number of rotatable bonds is 4. The minimum Gasteiger partial charge on any atom is -0.349 e. The summed E-state index contributed by atoms with van der Waals surface area (Å²) in [4.78, 5) is 24.9. The number of anilines is 1. The number of fused-ring (bicyclic) bond motifs is 1. The molecule has 1 fully saturated rings. The first-order valence-corrected chi connectivity index (χ1v) is 10.8. The Kier molecular flexibility index (Phi) is 5.32. The molecule has 29 heavy (non-hydrogen) atoms. The standard InChI is InChI=1S/C24H32N4O/c1-16-7-9-18(10-8-16)17(2)22(29)26-20-13-24(3,4)14-21-19(20)15-25-23(27-21)28-11-5-6-12-28/h7-10,15,17,20H,5-6,11-14H2,1-4H3,(H,26,29). The van der Waals surface area contributed by atoms with Crippen LogP contribution in [0.2, 0.25) is 0 Å². The third-order valence-corrected chi connectivity index (χ3v) is 6.34. The second kappa shape index (κ2) is 7.77. The number of carbonyl (C=O) groups excluding carboxylic acids is 1. The van der Waals surface area contributed by atoms with E-state index in [4.69, 9.17) is 4.98 Å². The van der Waals surface area contributed by atoms with Crippen LogP contribution in [0.5, 0.6) is 0 Å². The highest BCUT2D eigenvalue weighted by molar-refractivity contribution is 5.83. The van der Waals surface area contributed by atoms with Gasteiger partial charge in [0.25, 0.3) is 0 Å². The van der Waals surface area contributed by atoms with E-state index in [1.54, 1.807) is 0 Å². The summed E-state index contributed by atoms with van der Waals surface area (Å²) in [5.41, 5.74) is 4.51. The molecule has 0 radical (unpaired) electrons. The lowest BCUT2D eigenvalue weighted by atomic mass is 9.74. The SMILES string of the molecule is Cc1ccc(C(C)C(=O)NC2CC(C)(C)Cc3nc(N4CCCC4)ncc32)cc1. The Morgan fingerprint density at radius 1 is 1.21 bits per heavy atom. The van der Waals surface area contributed by atoms with Gasteiger partial charge < -0.3 is 10.2 Å². The molecule has 0 saturated carbocycles. The van der Waals surface area contributed by atoms with Crippen LogP contribution < -0.4 is 10.2 Å². The van der Waals surface area contributed by atoms with Gasteiger partial charge in [0.15, 0.2) is 0 Å². The molecule has 1 aliphatic heterocycles. The average Bonchev–Trinajstić information content (AvgIpc) is 3.21. The monoisotopic (exact) mass is 392 g/mol. The molecule has 2 heterocycles. The van der Waals surface area contributed by atoms with E-state index in [2.05, 4.69) is 48.1 Å². The Balaban J connectivity index is 1.56. The maximum atomic E-state index is 13.0. The van der Waals surface area contributed by atoms with Crippen molar-refractivity contribution in [1.29, 1.82) is 0 Å². The second-order valence-corrected chi connectivity index (χ2v) is 9.50. The van der Waals surface area contributed by atoms with Gasteiger partial charge in [0.05, 0.1) is 17.7 Å². The molecule has 0 spiro atoms. The van der Waals surface area contributed by atoms with Gasteiger partial charge >= 0.3 is 0 Å². The van der Waals surface area contributed by atoms with Gasteiger partial charge in [0, 0.05) is 24.8 Å². The number of nitrogens with one attached hydrogen (secondary N) is 1. The van der Waals surface area contributed by atoms with Gasteiger partial charge in [-0.1, -0.05) is 43.7 Å². The van der Waals surface area contributed by atoms with Crippen molar-refractivity contribution in [1.82, 2.24) is 15.3 Å². The molecule has 1 aliphatic carbocycles. The van der Waals surface area contributed by atoms with Gasteiger partial charge in [0.2, 0.25) is 11.9 Å².